The maximum Gasteiger partial charge on any atom is 0.141 e. The first kappa shape index (κ1) is 17.3. The summed E-state index contributed by atoms with van der Waals surface area (Å²) in [7, 11) is 0. The van der Waals surface area contributed by atoms with Gasteiger partial charge < -0.3 is 9.72 Å². The van der Waals surface area contributed by atoms with E-state index in [0.717, 1.165) is 39.7 Å². The molecule has 0 aliphatic heterocycles. The molecule has 0 radical (unpaired) electrons. The summed E-state index contributed by atoms with van der Waals surface area (Å²) in [4.78, 5) is 12.3. The van der Waals surface area contributed by atoms with Crippen LogP contribution in [0.15, 0.2) is 73.1 Å². The number of benzene rings is 2. The summed E-state index contributed by atoms with van der Waals surface area (Å²) in [5.41, 5.74) is 4.87. The van der Waals surface area contributed by atoms with Crippen molar-refractivity contribution >= 4 is 11.6 Å². The largest absolute Gasteiger partial charge is 0.488 e. The van der Waals surface area contributed by atoms with Crippen LogP contribution in [0, 0.1) is 6.92 Å². The Balaban J connectivity index is 1.62. The second-order valence-electron chi connectivity index (χ2n) is 6.20. The van der Waals surface area contributed by atoms with Crippen LogP contribution in [0.2, 0.25) is 5.02 Å². The minimum absolute atomic E-state index is 0.462. The first-order valence-corrected chi connectivity index (χ1v) is 9.02. The topological polar surface area (TPSA) is 50.8 Å². The highest BCUT2D eigenvalue weighted by Gasteiger charge is 2.14. The number of ether oxygens (including phenoxy) is 1. The molecule has 27 heavy (non-hydrogen) atoms. The second-order valence-corrected chi connectivity index (χ2v) is 6.64. The summed E-state index contributed by atoms with van der Waals surface area (Å²) in [6.07, 6.45) is 3.59. The lowest BCUT2D eigenvalue weighted by molar-refractivity contribution is 0.307. The van der Waals surface area contributed by atoms with Gasteiger partial charge in [-0.15, -0.1) is 0 Å². The van der Waals surface area contributed by atoms with Gasteiger partial charge in [-0.3, -0.25) is 4.98 Å². The summed E-state index contributed by atoms with van der Waals surface area (Å²) < 4.78 is 6.06. The van der Waals surface area contributed by atoms with Gasteiger partial charge >= 0.3 is 0 Å². The third-order valence-corrected chi connectivity index (χ3v) is 4.54. The maximum absolute atomic E-state index is 6.06. The van der Waals surface area contributed by atoms with Gasteiger partial charge in [0.15, 0.2) is 0 Å². The highest BCUT2D eigenvalue weighted by Crippen LogP contribution is 2.31. The molecule has 0 spiro atoms. The van der Waals surface area contributed by atoms with E-state index in [4.69, 9.17) is 21.3 Å². The molecule has 0 aliphatic rings. The van der Waals surface area contributed by atoms with Crippen LogP contribution in [0.25, 0.3) is 22.6 Å². The number of hydrogen-bond acceptors (Lipinski definition) is 3. The fourth-order valence-corrected chi connectivity index (χ4v) is 3.04. The van der Waals surface area contributed by atoms with Gasteiger partial charge in [-0.2, -0.15) is 0 Å². The standard InChI is InChI=1S/C22H18ClN3O/c1-15-21(17-5-4-12-24-13-17)26-22(25-15)19-6-2-3-7-20(19)27-14-16-8-10-18(23)11-9-16/h2-13H,14H2,1H3,(H,25,26). The third kappa shape index (κ3) is 3.86. The number of aromatic amines is 1. The highest BCUT2D eigenvalue weighted by atomic mass is 35.5. The molecule has 4 aromatic rings. The SMILES string of the molecule is Cc1nc(-c2ccccc2OCc2ccc(Cl)cc2)[nH]c1-c1cccnc1. The van der Waals surface area contributed by atoms with Crippen molar-refractivity contribution in [3.63, 3.8) is 0 Å². The van der Waals surface area contributed by atoms with Crippen LogP contribution in [-0.4, -0.2) is 15.0 Å². The van der Waals surface area contributed by atoms with Crippen LogP contribution in [0.5, 0.6) is 5.75 Å². The van der Waals surface area contributed by atoms with Gasteiger partial charge in [0.25, 0.3) is 0 Å². The smallest absolute Gasteiger partial charge is 0.141 e. The van der Waals surface area contributed by atoms with Gasteiger partial charge in [0.05, 0.1) is 17.0 Å². The van der Waals surface area contributed by atoms with Crippen molar-refractivity contribution in [1.29, 1.82) is 0 Å². The zero-order valence-corrected chi connectivity index (χ0v) is 15.6. The Bertz CT molecular complexity index is 1040. The molecule has 0 saturated heterocycles. The quantitative estimate of drug-likeness (QED) is 0.488. The lowest BCUT2D eigenvalue weighted by Crippen LogP contribution is -1.97. The molecule has 1 N–H and O–H groups in total. The van der Waals surface area contributed by atoms with E-state index >= 15 is 0 Å². The molecular weight excluding hydrogens is 358 g/mol. The number of hydrogen-bond donors (Lipinski definition) is 1. The van der Waals surface area contributed by atoms with E-state index in [2.05, 4.69) is 9.97 Å². The van der Waals surface area contributed by atoms with Crippen LogP contribution in [0.1, 0.15) is 11.3 Å². The van der Waals surface area contributed by atoms with Crippen molar-refractivity contribution in [3.05, 3.63) is 89.3 Å². The number of rotatable bonds is 5. The van der Waals surface area contributed by atoms with E-state index in [-0.39, 0.29) is 0 Å². The lowest BCUT2D eigenvalue weighted by atomic mass is 10.2. The molecule has 0 atom stereocenters. The van der Waals surface area contributed by atoms with Crippen LogP contribution in [0.3, 0.4) is 0 Å². The minimum atomic E-state index is 0.462. The molecule has 4 nitrogen and oxygen atoms in total. The number of aromatic nitrogens is 3. The third-order valence-electron chi connectivity index (χ3n) is 4.28. The van der Waals surface area contributed by atoms with Gasteiger partial charge in [0.2, 0.25) is 0 Å². The van der Waals surface area contributed by atoms with Gasteiger partial charge in [0.1, 0.15) is 18.2 Å². The minimum Gasteiger partial charge on any atom is -0.488 e. The van der Waals surface area contributed by atoms with Gasteiger partial charge in [-0.1, -0.05) is 35.9 Å². The number of nitrogens with one attached hydrogen (secondary N) is 1. The van der Waals surface area contributed by atoms with E-state index in [9.17, 15) is 0 Å². The predicted molar refractivity (Wildman–Crippen MR) is 108 cm³/mol. The van der Waals surface area contributed by atoms with Crippen molar-refractivity contribution in [1.82, 2.24) is 15.0 Å². The maximum atomic E-state index is 6.06. The monoisotopic (exact) mass is 375 g/mol. The predicted octanol–water partition coefficient (Wildman–Crippen LogP) is 5.68. The fourth-order valence-electron chi connectivity index (χ4n) is 2.91. The molecule has 0 unspecified atom stereocenters. The van der Waals surface area contributed by atoms with E-state index in [0.29, 0.717) is 11.6 Å². The molecule has 0 bridgehead atoms. The molecule has 2 aromatic carbocycles. The molecule has 0 amide bonds. The highest BCUT2D eigenvalue weighted by molar-refractivity contribution is 6.30. The van der Waals surface area contributed by atoms with Crippen LogP contribution in [-0.2, 0) is 6.61 Å². The number of pyridine rings is 1. The summed E-state index contributed by atoms with van der Waals surface area (Å²) in [6, 6.07) is 19.5. The molecule has 0 saturated carbocycles. The molecule has 4 rings (SSSR count). The number of para-hydroxylation sites is 1. The Kier molecular flexibility index (Phi) is 4.90. The summed E-state index contributed by atoms with van der Waals surface area (Å²) >= 11 is 5.94. The molecule has 2 aromatic heterocycles. The van der Waals surface area contributed by atoms with Crippen molar-refractivity contribution < 1.29 is 4.74 Å². The van der Waals surface area contributed by atoms with Crippen LogP contribution in [0.4, 0.5) is 0 Å². The molecule has 0 aliphatic carbocycles. The molecule has 2 heterocycles. The fraction of sp³-hybridized carbons (Fsp3) is 0.0909. The Labute approximate surface area is 162 Å². The summed E-state index contributed by atoms with van der Waals surface area (Å²) in [5.74, 6) is 1.55. The van der Waals surface area contributed by atoms with Crippen molar-refractivity contribution in [2.24, 2.45) is 0 Å². The van der Waals surface area contributed by atoms with Crippen molar-refractivity contribution in [3.8, 4) is 28.4 Å². The first-order chi connectivity index (χ1) is 13.2. The van der Waals surface area contributed by atoms with E-state index in [1.165, 1.54) is 0 Å². The molecule has 5 heteroatoms. The number of nitrogens with zero attached hydrogens (tertiary/aromatic N) is 2. The summed E-state index contributed by atoms with van der Waals surface area (Å²) in [5, 5.41) is 0.716. The zero-order valence-electron chi connectivity index (χ0n) is 14.8. The van der Waals surface area contributed by atoms with E-state index < -0.39 is 0 Å². The number of halogens is 1. The van der Waals surface area contributed by atoms with Gasteiger partial charge in [-0.25, -0.2) is 4.98 Å². The second kappa shape index (κ2) is 7.64. The van der Waals surface area contributed by atoms with Crippen LogP contribution < -0.4 is 4.74 Å². The Morgan fingerprint density at radius 1 is 1.00 bits per heavy atom. The Hall–Kier alpha value is -3.11. The van der Waals surface area contributed by atoms with Gasteiger partial charge in [-0.05, 0) is 48.9 Å². The number of imidazole rings is 1. The van der Waals surface area contributed by atoms with Gasteiger partial charge in [0, 0.05) is 23.0 Å². The normalized spacial score (nSPS) is 10.7. The van der Waals surface area contributed by atoms with Crippen molar-refractivity contribution in [2.45, 2.75) is 13.5 Å². The lowest BCUT2D eigenvalue weighted by Gasteiger charge is -2.10. The number of H-pyrrole nitrogens is 1. The average Bonchev–Trinajstić information content (AvgIpc) is 3.10. The van der Waals surface area contributed by atoms with E-state index in [1.54, 1.807) is 6.20 Å². The molecule has 0 fully saturated rings. The molecule has 134 valence electrons. The first-order valence-electron chi connectivity index (χ1n) is 8.64. The molecular formula is C22H18ClN3O. The number of aryl methyl sites for hydroxylation is 1. The Morgan fingerprint density at radius 3 is 2.59 bits per heavy atom. The van der Waals surface area contributed by atoms with Crippen molar-refractivity contribution in [2.75, 3.05) is 0 Å². The zero-order chi connectivity index (χ0) is 18.6. The van der Waals surface area contributed by atoms with E-state index in [1.807, 2.05) is 73.8 Å². The summed E-state index contributed by atoms with van der Waals surface area (Å²) in [6.45, 7) is 2.45. The average molecular weight is 376 g/mol. The Morgan fingerprint density at radius 2 is 1.81 bits per heavy atom. The van der Waals surface area contributed by atoms with Crippen LogP contribution >= 0.6 is 11.6 Å².